The molecule has 0 saturated carbocycles. The van der Waals surface area contributed by atoms with Gasteiger partial charge in [-0.2, -0.15) is 0 Å². The molecule has 1 aliphatic rings. The fraction of sp³-hybridized carbons (Fsp3) is 0.786. The predicted octanol–water partition coefficient (Wildman–Crippen LogP) is 2.05. The second-order valence-corrected chi connectivity index (χ2v) is 6.47. The number of carbonyl (C=O) groups is 1. The lowest BCUT2D eigenvalue weighted by Crippen LogP contribution is -2.62. The van der Waals surface area contributed by atoms with Crippen LogP contribution in [0.15, 0.2) is 11.6 Å². The Morgan fingerprint density at radius 3 is 2.56 bits per heavy atom. The molecule has 0 aromatic heterocycles. The maximum Gasteiger partial charge on any atom is 0.330 e. The van der Waals surface area contributed by atoms with Crippen LogP contribution in [0.25, 0.3) is 0 Å². The molecule has 2 unspecified atom stereocenters. The molecule has 4 nitrogen and oxygen atoms in total. The molecular formula is C14H26N2O2. The molecule has 0 radical (unpaired) electrons. The number of nitrogens with two attached hydrogens (primary N) is 1. The van der Waals surface area contributed by atoms with Crippen molar-refractivity contribution in [2.24, 2.45) is 5.73 Å². The molecule has 4 heteroatoms. The highest BCUT2D eigenvalue weighted by molar-refractivity contribution is 5.85. The summed E-state index contributed by atoms with van der Waals surface area (Å²) in [6.45, 7) is 8.15. The van der Waals surface area contributed by atoms with Gasteiger partial charge in [-0.1, -0.05) is 6.08 Å². The van der Waals surface area contributed by atoms with Gasteiger partial charge in [0.25, 0.3) is 0 Å². The third kappa shape index (κ3) is 4.42. The molecule has 1 heterocycles. The monoisotopic (exact) mass is 254 g/mol. The Morgan fingerprint density at radius 2 is 2.06 bits per heavy atom. The van der Waals surface area contributed by atoms with Gasteiger partial charge < -0.3 is 16.2 Å². The number of aliphatic carboxylic acids is 1. The van der Waals surface area contributed by atoms with E-state index in [2.05, 4.69) is 26.1 Å². The van der Waals surface area contributed by atoms with Gasteiger partial charge in [-0.25, -0.2) is 4.79 Å². The van der Waals surface area contributed by atoms with E-state index in [1.54, 1.807) is 13.0 Å². The summed E-state index contributed by atoms with van der Waals surface area (Å²) in [5, 5.41) is 12.5. The molecule has 1 fully saturated rings. The number of allylic oxidation sites excluding steroid dienone is 1. The van der Waals surface area contributed by atoms with Gasteiger partial charge in [0.05, 0.1) is 0 Å². The minimum Gasteiger partial charge on any atom is -0.478 e. The van der Waals surface area contributed by atoms with E-state index in [1.165, 1.54) is 0 Å². The molecule has 0 spiro atoms. The maximum absolute atomic E-state index is 10.7. The van der Waals surface area contributed by atoms with Crippen molar-refractivity contribution in [3.05, 3.63) is 11.6 Å². The summed E-state index contributed by atoms with van der Waals surface area (Å²) in [7, 11) is 0. The van der Waals surface area contributed by atoms with Gasteiger partial charge in [-0.3, -0.25) is 0 Å². The van der Waals surface area contributed by atoms with Gasteiger partial charge in [-0.15, -0.1) is 0 Å². The minimum absolute atomic E-state index is 0.00352. The lowest BCUT2D eigenvalue weighted by molar-refractivity contribution is -0.132. The number of carboxylic acid groups (broad SMARTS) is 1. The van der Waals surface area contributed by atoms with Gasteiger partial charge >= 0.3 is 5.97 Å². The molecule has 1 rings (SSSR count). The van der Waals surface area contributed by atoms with Crippen molar-refractivity contribution in [2.45, 2.75) is 70.5 Å². The van der Waals surface area contributed by atoms with E-state index in [1.807, 2.05) is 0 Å². The van der Waals surface area contributed by atoms with Gasteiger partial charge in [0.2, 0.25) is 0 Å². The van der Waals surface area contributed by atoms with Crippen LogP contribution in [0.1, 0.15) is 53.4 Å². The number of rotatable bonds is 4. The van der Waals surface area contributed by atoms with Crippen LogP contribution in [0.5, 0.6) is 0 Å². The SMILES string of the molecule is CC(=CCCC1(C)CC(N)CC(C)(C)N1)C(=O)O. The molecule has 0 aliphatic carbocycles. The molecule has 18 heavy (non-hydrogen) atoms. The first-order valence-corrected chi connectivity index (χ1v) is 6.59. The van der Waals surface area contributed by atoms with E-state index in [-0.39, 0.29) is 17.1 Å². The van der Waals surface area contributed by atoms with Crippen LogP contribution >= 0.6 is 0 Å². The first-order chi connectivity index (χ1) is 8.14. The highest BCUT2D eigenvalue weighted by Gasteiger charge is 2.38. The van der Waals surface area contributed by atoms with Crippen LogP contribution in [0.3, 0.4) is 0 Å². The molecule has 1 saturated heterocycles. The standard InChI is InChI=1S/C14H26N2O2/c1-10(12(17)18)6-5-7-14(4)9-11(15)8-13(2,3)16-14/h6,11,16H,5,7-9,15H2,1-4H3,(H,17,18). The van der Waals surface area contributed by atoms with E-state index in [9.17, 15) is 4.79 Å². The number of carboxylic acids is 1. The number of piperidine rings is 1. The number of nitrogens with one attached hydrogen (secondary N) is 1. The molecule has 2 atom stereocenters. The Balaban J connectivity index is 2.59. The molecular weight excluding hydrogens is 228 g/mol. The highest BCUT2D eigenvalue weighted by atomic mass is 16.4. The first kappa shape index (κ1) is 15.2. The van der Waals surface area contributed by atoms with Crippen LogP contribution in [0.4, 0.5) is 0 Å². The quantitative estimate of drug-likeness (QED) is 0.671. The van der Waals surface area contributed by atoms with Crippen molar-refractivity contribution in [2.75, 3.05) is 0 Å². The summed E-state index contributed by atoms with van der Waals surface area (Å²) in [5.74, 6) is -0.839. The lowest BCUT2D eigenvalue weighted by Gasteiger charge is -2.47. The fourth-order valence-corrected chi connectivity index (χ4v) is 3.08. The lowest BCUT2D eigenvalue weighted by atomic mass is 9.77. The van der Waals surface area contributed by atoms with Gasteiger partial charge in [0, 0.05) is 22.7 Å². The van der Waals surface area contributed by atoms with Gasteiger partial charge in [0.1, 0.15) is 0 Å². The zero-order valence-electron chi connectivity index (χ0n) is 11.9. The molecule has 0 aromatic carbocycles. The Bertz CT molecular complexity index is 350. The van der Waals surface area contributed by atoms with Crippen molar-refractivity contribution in [1.29, 1.82) is 0 Å². The third-order valence-electron chi connectivity index (χ3n) is 3.61. The van der Waals surface area contributed by atoms with Crippen LogP contribution < -0.4 is 11.1 Å². The minimum atomic E-state index is -0.839. The van der Waals surface area contributed by atoms with Crippen molar-refractivity contribution < 1.29 is 9.90 Å². The smallest absolute Gasteiger partial charge is 0.330 e. The summed E-state index contributed by atoms with van der Waals surface area (Å²) in [6.07, 6.45) is 5.39. The second kappa shape index (κ2) is 5.41. The normalized spacial score (nSPS) is 32.3. The Labute approximate surface area is 110 Å². The van der Waals surface area contributed by atoms with Crippen molar-refractivity contribution in [3.8, 4) is 0 Å². The average Bonchev–Trinajstić information content (AvgIpc) is 2.12. The maximum atomic E-state index is 10.7. The highest BCUT2D eigenvalue weighted by Crippen LogP contribution is 2.31. The van der Waals surface area contributed by atoms with Crippen molar-refractivity contribution in [1.82, 2.24) is 5.32 Å². The number of hydrogen-bond donors (Lipinski definition) is 3. The first-order valence-electron chi connectivity index (χ1n) is 6.59. The summed E-state index contributed by atoms with van der Waals surface area (Å²) < 4.78 is 0. The van der Waals surface area contributed by atoms with Crippen molar-refractivity contribution >= 4 is 5.97 Å². The second-order valence-electron chi connectivity index (χ2n) is 6.47. The Hall–Kier alpha value is -0.870. The van der Waals surface area contributed by atoms with E-state index in [0.29, 0.717) is 5.57 Å². The fourth-order valence-electron chi connectivity index (χ4n) is 3.08. The zero-order chi connectivity index (χ0) is 14.0. The average molecular weight is 254 g/mol. The molecule has 1 aliphatic heterocycles. The van der Waals surface area contributed by atoms with Crippen LogP contribution in [0.2, 0.25) is 0 Å². The molecule has 0 bridgehead atoms. The van der Waals surface area contributed by atoms with Crippen LogP contribution in [-0.4, -0.2) is 28.2 Å². The Kier molecular flexibility index (Phi) is 4.56. The van der Waals surface area contributed by atoms with E-state index < -0.39 is 5.97 Å². The molecule has 104 valence electrons. The topological polar surface area (TPSA) is 75.3 Å². The van der Waals surface area contributed by atoms with Crippen LogP contribution in [0, 0.1) is 0 Å². The summed E-state index contributed by atoms with van der Waals surface area (Å²) >= 11 is 0. The van der Waals surface area contributed by atoms with E-state index in [0.717, 1.165) is 25.7 Å². The predicted molar refractivity (Wildman–Crippen MR) is 73.5 cm³/mol. The zero-order valence-corrected chi connectivity index (χ0v) is 11.9. The molecule has 4 N–H and O–H groups in total. The number of hydrogen-bond acceptors (Lipinski definition) is 3. The van der Waals surface area contributed by atoms with E-state index >= 15 is 0 Å². The summed E-state index contributed by atoms with van der Waals surface area (Å²) in [6, 6.07) is 0.218. The van der Waals surface area contributed by atoms with Crippen molar-refractivity contribution in [3.63, 3.8) is 0 Å². The van der Waals surface area contributed by atoms with E-state index in [4.69, 9.17) is 10.8 Å². The third-order valence-corrected chi connectivity index (χ3v) is 3.61. The molecule has 0 amide bonds. The molecule has 0 aromatic rings. The van der Waals surface area contributed by atoms with Crippen LogP contribution in [-0.2, 0) is 4.79 Å². The van der Waals surface area contributed by atoms with Gasteiger partial charge in [0.15, 0.2) is 0 Å². The largest absolute Gasteiger partial charge is 0.478 e. The Morgan fingerprint density at radius 1 is 1.44 bits per heavy atom. The summed E-state index contributed by atoms with van der Waals surface area (Å²) in [5.41, 5.74) is 6.58. The summed E-state index contributed by atoms with van der Waals surface area (Å²) in [4.78, 5) is 10.7. The van der Waals surface area contributed by atoms with Gasteiger partial charge in [-0.05, 0) is 53.4 Å².